The van der Waals surface area contributed by atoms with Crippen molar-refractivity contribution in [3.05, 3.63) is 29.8 Å². The van der Waals surface area contributed by atoms with Crippen LogP contribution in [-0.2, 0) is 11.2 Å². The van der Waals surface area contributed by atoms with Crippen molar-refractivity contribution >= 4 is 5.97 Å². The lowest BCUT2D eigenvalue weighted by atomic mass is 10.2. The van der Waals surface area contributed by atoms with Crippen molar-refractivity contribution in [2.45, 2.75) is 19.8 Å². The van der Waals surface area contributed by atoms with E-state index >= 15 is 0 Å². The lowest BCUT2D eigenvalue weighted by molar-refractivity contribution is -0.134. The molecule has 1 aromatic carbocycles. The maximum Gasteiger partial charge on any atom is 0.312 e. The van der Waals surface area contributed by atoms with Crippen molar-refractivity contribution in [1.29, 1.82) is 0 Å². The summed E-state index contributed by atoms with van der Waals surface area (Å²) in [5.41, 5.74) is 6.45. The molecule has 1 rings (SSSR count). The molecule has 0 bridgehead atoms. The lowest BCUT2D eigenvalue weighted by Gasteiger charge is -2.03. The topological polar surface area (TPSA) is 52.3 Å². The number of carbonyl (C=O) groups is 1. The Labute approximate surface area is 83.9 Å². The van der Waals surface area contributed by atoms with Crippen molar-refractivity contribution < 1.29 is 9.53 Å². The van der Waals surface area contributed by atoms with E-state index in [1.54, 1.807) is 12.1 Å². The fraction of sp³-hybridized carbons (Fsp3) is 0.364. The van der Waals surface area contributed by atoms with Gasteiger partial charge in [0.05, 0.1) is 6.42 Å². The van der Waals surface area contributed by atoms with E-state index in [-0.39, 0.29) is 12.4 Å². The van der Waals surface area contributed by atoms with Crippen LogP contribution < -0.4 is 10.5 Å². The van der Waals surface area contributed by atoms with E-state index in [0.29, 0.717) is 12.3 Å². The summed E-state index contributed by atoms with van der Waals surface area (Å²) in [5.74, 6) is 0.303. The first-order valence-electron chi connectivity index (χ1n) is 4.76. The minimum atomic E-state index is -0.281. The number of ether oxygens (including phenoxy) is 1. The van der Waals surface area contributed by atoms with E-state index in [0.717, 1.165) is 6.42 Å². The summed E-state index contributed by atoms with van der Waals surface area (Å²) in [7, 11) is 0. The van der Waals surface area contributed by atoms with E-state index in [2.05, 4.69) is 6.92 Å². The second kappa shape index (κ2) is 5.40. The Bertz CT molecular complexity index is 293. The Kier molecular flexibility index (Phi) is 4.13. The quantitative estimate of drug-likeness (QED) is 0.582. The minimum Gasteiger partial charge on any atom is -0.426 e. The molecular weight excluding hydrogens is 178 g/mol. The number of carbonyl (C=O) groups excluding carboxylic acids is 1. The van der Waals surface area contributed by atoms with Gasteiger partial charge in [0.2, 0.25) is 0 Å². The molecule has 0 aromatic heterocycles. The highest BCUT2D eigenvalue weighted by molar-refractivity contribution is 5.72. The zero-order valence-electron chi connectivity index (χ0n) is 8.32. The number of nitrogens with two attached hydrogens (primary N) is 1. The number of hydrogen-bond donors (Lipinski definition) is 1. The molecule has 14 heavy (non-hydrogen) atoms. The zero-order valence-corrected chi connectivity index (χ0v) is 8.32. The summed E-state index contributed by atoms with van der Waals surface area (Å²) >= 11 is 0. The lowest BCUT2D eigenvalue weighted by Crippen LogP contribution is -2.13. The molecule has 0 radical (unpaired) electrons. The predicted molar refractivity (Wildman–Crippen MR) is 55.1 cm³/mol. The average molecular weight is 193 g/mol. The van der Waals surface area contributed by atoms with E-state index in [4.69, 9.17) is 10.5 Å². The van der Waals surface area contributed by atoms with Gasteiger partial charge in [0.1, 0.15) is 5.75 Å². The van der Waals surface area contributed by atoms with Crippen LogP contribution in [0.15, 0.2) is 24.3 Å². The highest BCUT2D eigenvalue weighted by atomic mass is 16.5. The molecule has 0 unspecified atom stereocenters. The number of esters is 1. The van der Waals surface area contributed by atoms with Gasteiger partial charge in [0.15, 0.2) is 0 Å². The molecule has 0 atom stereocenters. The van der Waals surface area contributed by atoms with Gasteiger partial charge in [-0.2, -0.15) is 0 Å². The Morgan fingerprint density at radius 2 is 2.00 bits per heavy atom. The number of rotatable bonds is 4. The summed E-state index contributed by atoms with van der Waals surface area (Å²) in [6, 6.07) is 7.50. The molecule has 0 spiro atoms. The summed E-state index contributed by atoms with van der Waals surface area (Å²) < 4.78 is 5.04. The second-order valence-corrected chi connectivity index (χ2v) is 3.01. The van der Waals surface area contributed by atoms with Crippen LogP contribution in [0.3, 0.4) is 0 Å². The van der Waals surface area contributed by atoms with Crippen molar-refractivity contribution in [2.24, 2.45) is 5.73 Å². The highest BCUT2D eigenvalue weighted by Crippen LogP contribution is 2.12. The van der Waals surface area contributed by atoms with Gasteiger partial charge in [-0.25, -0.2) is 0 Å². The van der Waals surface area contributed by atoms with Gasteiger partial charge < -0.3 is 10.5 Å². The van der Waals surface area contributed by atoms with Gasteiger partial charge in [-0.05, 0) is 24.1 Å². The van der Waals surface area contributed by atoms with Crippen molar-refractivity contribution in [3.63, 3.8) is 0 Å². The first-order valence-corrected chi connectivity index (χ1v) is 4.76. The molecule has 2 N–H and O–H groups in total. The summed E-state index contributed by atoms with van der Waals surface area (Å²) in [4.78, 5) is 11.1. The third kappa shape index (κ3) is 3.18. The van der Waals surface area contributed by atoms with Crippen LogP contribution in [0.2, 0.25) is 0 Å². The molecule has 0 aliphatic rings. The van der Waals surface area contributed by atoms with Crippen LogP contribution in [0.1, 0.15) is 18.9 Å². The Balaban J connectivity index is 2.55. The fourth-order valence-corrected chi connectivity index (χ4v) is 1.09. The van der Waals surface area contributed by atoms with E-state index in [1.165, 1.54) is 5.56 Å². The normalized spacial score (nSPS) is 9.86. The summed E-state index contributed by atoms with van der Waals surface area (Å²) in [6.45, 7) is 2.40. The highest BCUT2D eigenvalue weighted by Gasteiger charge is 2.02. The molecule has 0 fully saturated rings. The molecule has 3 heteroatoms. The van der Waals surface area contributed by atoms with Gasteiger partial charge in [-0.1, -0.05) is 19.1 Å². The molecule has 1 aromatic rings. The molecule has 3 nitrogen and oxygen atoms in total. The molecule has 0 amide bonds. The smallest absolute Gasteiger partial charge is 0.312 e. The molecule has 76 valence electrons. The third-order valence-electron chi connectivity index (χ3n) is 1.91. The zero-order chi connectivity index (χ0) is 10.4. The van der Waals surface area contributed by atoms with Crippen molar-refractivity contribution in [3.8, 4) is 5.75 Å². The third-order valence-corrected chi connectivity index (χ3v) is 1.91. The van der Waals surface area contributed by atoms with Crippen LogP contribution in [0.25, 0.3) is 0 Å². The SMILES string of the molecule is CCc1ccc(OC(=O)CCN)cc1. The Morgan fingerprint density at radius 1 is 1.36 bits per heavy atom. The Morgan fingerprint density at radius 3 is 2.50 bits per heavy atom. The molecule has 0 aliphatic heterocycles. The molecule has 0 saturated carbocycles. The van der Waals surface area contributed by atoms with E-state index in [1.807, 2.05) is 12.1 Å². The van der Waals surface area contributed by atoms with Crippen LogP contribution in [0, 0.1) is 0 Å². The van der Waals surface area contributed by atoms with Crippen LogP contribution in [-0.4, -0.2) is 12.5 Å². The standard InChI is InChI=1S/C11H15NO2/c1-2-9-3-5-10(6-4-9)14-11(13)7-8-12/h3-6H,2,7-8,12H2,1H3. The average Bonchev–Trinajstić information content (AvgIpc) is 2.19. The maximum absolute atomic E-state index is 11.1. The van der Waals surface area contributed by atoms with Crippen LogP contribution in [0.5, 0.6) is 5.75 Å². The number of hydrogen-bond acceptors (Lipinski definition) is 3. The first-order chi connectivity index (χ1) is 6.76. The number of benzene rings is 1. The monoisotopic (exact) mass is 193 g/mol. The fourth-order valence-electron chi connectivity index (χ4n) is 1.09. The van der Waals surface area contributed by atoms with Gasteiger partial charge in [0.25, 0.3) is 0 Å². The number of aryl methyl sites for hydroxylation is 1. The molecule has 0 aliphatic carbocycles. The van der Waals surface area contributed by atoms with Gasteiger partial charge in [0, 0.05) is 6.54 Å². The van der Waals surface area contributed by atoms with Gasteiger partial charge in [-0.15, -0.1) is 0 Å². The summed E-state index contributed by atoms with van der Waals surface area (Å²) in [5, 5.41) is 0. The van der Waals surface area contributed by atoms with Gasteiger partial charge in [-0.3, -0.25) is 4.79 Å². The largest absolute Gasteiger partial charge is 0.426 e. The van der Waals surface area contributed by atoms with Crippen LogP contribution >= 0.6 is 0 Å². The van der Waals surface area contributed by atoms with E-state index in [9.17, 15) is 4.79 Å². The molecule has 0 saturated heterocycles. The second-order valence-electron chi connectivity index (χ2n) is 3.01. The van der Waals surface area contributed by atoms with Crippen molar-refractivity contribution in [1.82, 2.24) is 0 Å². The maximum atomic E-state index is 11.1. The Hall–Kier alpha value is -1.35. The summed E-state index contributed by atoms with van der Waals surface area (Å²) in [6.07, 6.45) is 1.24. The predicted octanol–water partition coefficient (Wildman–Crippen LogP) is 1.50. The van der Waals surface area contributed by atoms with Crippen molar-refractivity contribution in [2.75, 3.05) is 6.54 Å². The molecular formula is C11H15NO2. The first kappa shape index (κ1) is 10.7. The van der Waals surface area contributed by atoms with Crippen LogP contribution in [0.4, 0.5) is 0 Å². The van der Waals surface area contributed by atoms with E-state index < -0.39 is 0 Å². The van der Waals surface area contributed by atoms with Gasteiger partial charge >= 0.3 is 5.97 Å². The minimum absolute atomic E-state index is 0.259. The molecule has 0 heterocycles.